The molecular weight excluding hydrogens is 601 g/mol. The Morgan fingerprint density at radius 1 is 0.180 bits per heavy atom. The predicted molar refractivity (Wildman–Crippen MR) is 215 cm³/mol. The summed E-state index contributed by atoms with van der Waals surface area (Å²) in [4.78, 5) is 0. The van der Waals surface area contributed by atoms with Crippen LogP contribution in [-0.4, -0.2) is 0 Å². The molecule has 10 aromatic carbocycles. The van der Waals surface area contributed by atoms with E-state index in [9.17, 15) is 0 Å². The summed E-state index contributed by atoms with van der Waals surface area (Å²) in [5.41, 5.74) is 12.5. The van der Waals surface area contributed by atoms with Crippen molar-refractivity contribution in [3.05, 3.63) is 194 Å². The van der Waals surface area contributed by atoms with Gasteiger partial charge < -0.3 is 0 Å². The molecule has 0 N–H and O–H groups in total. The normalized spacial score (nSPS) is 11.6. The quantitative estimate of drug-likeness (QED) is 0.166. The van der Waals surface area contributed by atoms with Gasteiger partial charge in [0.1, 0.15) is 0 Å². The third-order valence-corrected chi connectivity index (χ3v) is 10.5. The Kier molecular flexibility index (Phi) is 6.60. The minimum absolute atomic E-state index is 1.22. The molecule has 0 bridgehead atoms. The minimum Gasteiger partial charge on any atom is -0.0622 e. The van der Waals surface area contributed by atoms with Crippen LogP contribution in [0.3, 0.4) is 0 Å². The van der Waals surface area contributed by atoms with Gasteiger partial charge in [0.2, 0.25) is 0 Å². The van der Waals surface area contributed by atoms with E-state index in [-0.39, 0.29) is 0 Å². The van der Waals surface area contributed by atoms with Crippen LogP contribution in [0.15, 0.2) is 194 Å². The number of hydrogen-bond donors (Lipinski definition) is 0. The molecule has 0 aliphatic rings. The Labute approximate surface area is 291 Å². The van der Waals surface area contributed by atoms with Crippen molar-refractivity contribution < 1.29 is 0 Å². The highest BCUT2D eigenvalue weighted by Crippen LogP contribution is 2.44. The van der Waals surface area contributed by atoms with Crippen LogP contribution in [0, 0.1) is 0 Å². The van der Waals surface area contributed by atoms with Gasteiger partial charge in [0.05, 0.1) is 0 Å². The first kappa shape index (κ1) is 28.5. The van der Waals surface area contributed by atoms with E-state index in [0.29, 0.717) is 0 Å². The molecule has 0 nitrogen and oxygen atoms in total. The Morgan fingerprint density at radius 3 is 1.32 bits per heavy atom. The summed E-state index contributed by atoms with van der Waals surface area (Å²) in [7, 11) is 0. The van der Waals surface area contributed by atoms with E-state index >= 15 is 0 Å². The topological polar surface area (TPSA) is 0 Å². The van der Waals surface area contributed by atoms with Gasteiger partial charge in [-0.2, -0.15) is 0 Å². The molecule has 0 aliphatic carbocycles. The Hall–Kier alpha value is -6.50. The Morgan fingerprint density at radius 2 is 0.620 bits per heavy atom. The summed E-state index contributed by atoms with van der Waals surface area (Å²) in [5.74, 6) is 0. The fourth-order valence-corrected chi connectivity index (χ4v) is 8.04. The predicted octanol–water partition coefficient (Wildman–Crippen LogP) is 14.1. The number of benzene rings is 10. The molecule has 232 valence electrons. The van der Waals surface area contributed by atoms with Gasteiger partial charge in [-0.25, -0.2) is 0 Å². The maximum atomic E-state index is 2.35. The van der Waals surface area contributed by atoms with Gasteiger partial charge in [-0.05, 0) is 98.7 Å². The molecule has 0 unspecified atom stereocenters. The van der Waals surface area contributed by atoms with E-state index in [4.69, 9.17) is 0 Å². The smallest absolute Gasteiger partial charge is 0.00203 e. The Bertz CT molecular complexity index is 2820. The fourth-order valence-electron chi connectivity index (χ4n) is 8.04. The summed E-state index contributed by atoms with van der Waals surface area (Å²) in [6.45, 7) is 0. The second-order valence-corrected chi connectivity index (χ2v) is 13.2. The summed E-state index contributed by atoms with van der Waals surface area (Å²) in [6, 6.07) is 71.2. The van der Waals surface area contributed by atoms with Crippen LogP contribution in [0.1, 0.15) is 0 Å². The molecule has 0 saturated heterocycles. The van der Waals surface area contributed by atoms with E-state index in [1.807, 2.05) is 0 Å². The van der Waals surface area contributed by atoms with Gasteiger partial charge in [-0.1, -0.05) is 194 Å². The summed E-state index contributed by atoms with van der Waals surface area (Å²) in [5, 5.41) is 10.4. The average Bonchev–Trinajstić information content (AvgIpc) is 3.20. The SMILES string of the molecule is c1ccc(-c2ccc(-c3ccccc3-c3ccc4ccc5ccc(-c6ccc(-c7cccc8ccccc78)cc6)c6ccc3c4c56)cc2)cc1. The van der Waals surface area contributed by atoms with Crippen LogP contribution >= 0.6 is 0 Å². The van der Waals surface area contributed by atoms with E-state index < -0.39 is 0 Å². The molecule has 0 spiro atoms. The number of hydrogen-bond acceptors (Lipinski definition) is 0. The lowest BCUT2D eigenvalue weighted by Crippen LogP contribution is -1.91. The lowest BCUT2D eigenvalue weighted by atomic mass is 9.85. The average molecular weight is 633 g/mol. The van der Waals surface area contributed by atoms with Gasteiger partial charge in [0.25, 0.3) is 0 Å². The minimum atomic E-state index is 1.22. The van der Waals surface area contributed by atoms with Gasteiger partial charge >= 0.3 is 0 Å². The van der Waals surface area contributed by atoms with Crippen LogP contribution in [0.4, 0.5) is 0 Å². The van der Waals surface area contributed by atoms with Crippen molar-refractivity contribution in [2.45, 2.75) is 0 Å². The van der Waals surface area contributed by atoms with Crippen LogP contribution in [0.2, 0.25) is 0 Å². The lowest BCUT2D eigenvalue weighted by Gasteiger charge is -2.18. The summed E-state index contributed by atoms with van der Waals surface area (Å²) >= 11 is 0. The molecular formula is C50H32. The van der Waals surface area contributed by atoms with Crippen LogP contribution in [0.5, 0.6) is 0 Å². The molecule has 0 fully saturated rings. The molecule has 0 heterocycles. The third-order valence-electron chi connectivity index (χ3n) is 10.5. The second-order valence-electron chi connectivity index (χ2n) is 13.2. The summed E-state index contributed by atoms with van der Waals surface area (Å²) < 4.78 is 0. The summed E-state index contributed by atoms with van der Waals surface area (Å²) in [6.07, 6.45) is 0. The van der Waals surface area contributed by atoms with E-state index in [2.05, 4.69) is 194 Å². The van der Waals surface area contributed by atoms with Gasteiger partial charge in [-0.3, -0.25) is 0 Å². The first-order valence-electron chi connectivity index (χ1n) is 17.3. The molecule has 0 aromatic heterocycles. The van der Waals surface area contributed by atoms with Crippen molar-refractivity contribution in [3.8, 4) is 55.6 Å². The van der Waals surface area contributed by atoms with Crippen molar-refractivity contribution >= 4 is 43.1 Å². The van der Waals surface area contributed by atoms with E-state index in [1.54, 1.807) is 0 Å². The molecule has 0 radical (unpaired) electrons. The van der Waals surface area contributed by atoms with Crippen molar-refractivity contribution in [2.24, 2.45) is 0 Å². The molecule has 10 rings (SSSR count). The molecule has 50 heavy (non-hydrogen) atoms. The highest BCUT2D eigenvalue weighted by atomic mass is 14.2. The fraction of sp³-hybridized carbons (Fsp3) is 0. The molecule has 0 aliphatic heterocycles. The van der Waals surface area contributed by atoms with Crippen molar-refractivity contribution in [3.63, 3.8) is 0 Å². The standard InChI is InChI=1S/C50H32/c1-2-9-33(10-3-1)34-17-19-37(20-18-34)43-14-6-7-15-45(43)46-30-28-40-26-25-39-27-29-44(47-31-32-48(46)50(40)49(39)47)38-23-21-36(22-24-38)42-16-8-12-35-11-4-5-13-41(35)42/h1-32H. The highest BCUT2D eigenvalue weighted by molar-refractivity contribution is 6.28. The number of rotatable bonds is 5. The first-order chi connectivity index (χ1) is 24.8. The van der Waals surface area contributed by atoms with E-state index in [1.165, 1.54) is 98.7 Å². The molecule has 10 aromatic rings. The second kappa shape index (κ2) is 11.6. The van der Waals surface area contributed by atoms with Crippen molar-refractivity contribution in [1.29, 1.82) is 0 Å². The van der Waals surface area contributed by atoms with E-state index in [0.717, 1.165) is 0 Å². The maximum Gasteiger partial charge on any atom is -0.00203 e. The highest BCUT2D eigenvalue weighted by Gasteiger charge is 2.17. The first-order valence-corrected chi connectivity index (χ1v) is 17.3. The van der Waals surface area contributed by atoms with Crippen LogP contribution in [-0.2, 0) is 0 Å². The van der Waals surface area contributed by atoms with Crippen molar-refractivity contribution in [2.75, 3.05) is 0 Å². The molecule has 0 amide bonds. The maximum absolute atomic E-state index is 2.35. The Balaban J connectivity index is 1.09. The van der Waals surface area contributed by atoms with Crippen molar-refractivity contribution in [1.82, 2.24) is 0 Å². The lowest BCUT2D eigenvalue weighted by molar-refractivity contribution is 1.58. The number of fused-ring (bicyclic) bond motifs is 1. The zero-order chi connectivity index (χ0) is 33.0. The van der Waals surface area contributed by atoms with Gasteiger partial charge in [0, 0.05) is 0 Å². The largest absolute Gasteiger partial charge is 0.0622 e. The van der Waals surface area contributed by atoms with Crippen LogP contribution < -0.4 is 0 Å². The monoisotopic (exact) mass is 632 g/mol. The van der Waals surface area contributed by atoms with Crippen LogP contribution in [0.25, 0.3) is 98.7 Å². The zero-order valence-corrected chi connectivity index (χ0v) is 27.5. The van der Waals surface area contributed by atoms with Gasteiger partial charge in [-0.15, -0.1) is 0 Å². The van der Waals surface area contributed by atoms with Gasteiger partial charge in [0.15, 0.2) is 0 Å². The molecule has 0 saturated carbocycles. The zero-order valence-electron chi connectivity index (χ0n) is 27.5. The third kappa shape index (κ3) is 4.61. The molecule has 0 heteroatoms. The molecule has 0 atom stereocenters.